The molecule has 1 heterocycles. The molecule has 0 saturated heterocycles. The van der Waals surface area contributed by atoms with Gasteiger partial charge in [0.2, 0.25) is 0 Å². The van der Waals surface area contributed by atoms with Crippen LogP contribution in [0.4, 0.5) is 5.69 Å². The molecule has 120 valence electrons. The van der Waals surface area contributed by atoms with Gasteiger partial charge in [0.05, 0.1) is 15.7 Å². The minimum Gasteiger partial charge on any atom is -0.380 e. The number of anilines is 1. The highest BCUT2D eigenvalue weighted by Crippen LogP contribution is 2.31. The Morgan fingerprint density at radius 3 is 2.52 bits per heavy atom. The van der Waals surface area contributed by atoms with Crippen molar-refractivity contribution >= 4 is 32.7 Å². The normalized spacial score (nSPS) is 11.8. The molecule has 0 fully saturated rings. The maximum atomic E-state index is 4.34. The molecule has 5 heteroatoms. The van der Waals surface area contributed by atoms with Crippen LogP contribution in [0.5, 0.6) is 0 Å². The summed E-state index contributed by atoms with van der Waals surface area (Å²) in [5.74, 6) is 0. The Bertz CT molecular complexity index is 803. The first-order valence-electron chi connectivity index (χ1n) is 7.73. The third-order valence-electron chi connectivity index (χ3n) is 3.58. The lowest BCUT2D eigenvalue weighted by Gasteiger charge is -2.18. The molecule has 0 aliphatic rings. The summed E-state index contributed by atoms with van der Waals surface area (Å²) < 4.78 is 2.94. The lowest BCUT2D eigenvalue weighted by Crippen LogP contribution is -2.16. The van der Waals surface area contributed by atoms with Gasteiger partial charge in [0, 0.05) is 13.1 Å². The number of fused-ring (bicyclic) bond motifs is 1. The minimum atomic E-state index is 0.164. The average Bonchev–Trinajstić information content (AvgIpc) is 2.89. The van der Waals surface area contributed by atoms with Crippen LogP contribution in [-0.2, 0) is 13.1 Å². The monoisotopic (exact) mass is 372 g/mol. The lowest BCUT2D eigenvalue weighted by molar-refractivity contribution is 0.327. The third-order valence-corrected chi connectivity index (χ3v) is 4.38. The molecule has 0 radical (unpaired) electrons. The summed E-state index contributed by atoms with van der Waals surface area (Å²) >= 11 is 3.67. The first kappa shape index (κ1) is 16.0. The zero-order valence-corrected chi connectivity index (χ0v) is 15.3. The maximum Gasteiger partial charge on any atom is 0.129 e. The van der Waals surface area contributed by atoms with E-state index in [0.29, 0.717) is 0 Å². The fourth-order valence-electron chi connectivity index (χ4n) is 2.50. The van der Waals surface area contributed by atoms with Crippen molar-refractivity contribution in [1.82, 2.24) is 15.0 Å². The van der Waals surface area contributed by atoms with Crippen molar-refractivity contribution in [2.45, 2.75) is 33.9 Å². The van der Waals surface area contributed by atoms with Crippen LogP contribution in [0.3, 0.4) is 0 Å². The van der Waals surface area contributed by atoms with Gasteiger partial charge >= 0.3 is 0 Å². The molecule has 3 aromatic rings. The van der Waals surface area contributed by atoms with E-state index in [4.69, 9.17) is 0 Å². The van der Waals surface area contributed by atoms with Crippen LogP contribution in [0.1, 0.15) is 26.3 Å². The lowest BCUT2D eigenvalue weighted by atomic mass is 9.97. The van der Waals surface area contributed by atoms with Crippen LogP contribution in [0.25, 0.3) is 11.0 Å². The van der Waals surface area contributed by atoms with E-state index in [1.54, 1.807) is 0 Å². The van der Waals surface area contributed by atoms with Crippen LogP contribution >= 0.6 is 15.9 Å². The van der Waals surface area contributed by atoms with E-state index in [2.05, 4.69) is 76.6 Å². The number of nitrogens with zero attached hydrogens (tertiary/aromatic N) is 3. The molecular weight excluding hydrogens is 352 g/mol. The number of aromatic nitrogens is 3. The van der Waals surface area contributed by atoms with Crippen LogP contribution in [0, 0.1) is 5.41 Å². The van der Waals surface area contributed by atoms with Gasteiger partial charge in [-0.1, -0.05) is 56.3 Å². The highest BCUT2D eigenvalue weighted by molar-refractivity contribution is 9.10. The first-order chi connectivity index (χ1) is 10.9. The molecule has 1 N–H and O–H groups in total. The fourth-order valence-corrected chi connectivity index (χ4v) is 3.06. The van der Waals surface area contributed by atoms with E-state index >= 15 is 0 Å². The molecule has 0 aliphatic carbocycles. The number of halogens is 1. The van der Waals surface area contributed by atoms with Crippen LogP contribution in [0.15, 0.2) is 46.9 Å². The topological polar surface area (TPSA) is 42.7 Å². The Kier molecular flexibility index (Phi) is 4.39. The molecule has 4 nitrogen and oxygen atoms in total. The number of hydrogen-bond acceptors (Lipinski definition) is 3. The maximum absolute atomic E-state index is 4.34. The van der Waals surface area contributed by atoms with Gasteiger partial charge in [0.1, 0.15) is 5.52 Å². The van der Waals surface area contributed by atoms with Crippen molar-refractivity contribution in [2.75, 3.05) is 5.32 Å². The molecule has 0 amide bonds. The average molecular weight is 373 g/mol. The largest absolute Gasteiger partial charge is 0.380 e. The standard InChI is InChI=1S/C18H21BrN4/c1-18(2,3)12-23-15-10-9-14(16(19)17(15)21-22-23)20-11-13-7-5-4-6-8-13/h4-10,20H,11-12H2,1-3H3. The predicted octanol–water partition coefficient (Wildman–Crippen LogP) is 4.85. The molecular formula is C18H21BrN4. The summed E-state index contributed by atoms with van der Waals surface area (Å²) in [4.78, 5) is 0. The zero-order valence-electron chi connectivity index (χ0n) is 13.7. The van der Waals surface area contributed by atoms with Gasteiger partial charge in [0.15, 0.2) is 0 Å². The summed E-state index contributed by atoms with van der Waals surface area (Å²) in [5.41, 5.74) is 4.39. The number of benzene rings is 2. The molecule has 0 atom stereocenters. The Labute approximate surface area is 145 Å². The van der Waals surface area contributed by atoms with Gasteiger partial charge in [-0.3, -0.25) is 0 Å². The highest BCUT2D eigenvalue weighted by Gasteiger charge is 2.16. The van der Waals surface area contributed by atoms with E-state index in [1.165, 1.54) is 5.56 Å². The van der Waals surface area contributed by atoms with Crippen molar-refractivity contribution in [1.29, 1.82) is 0 Å². The van der Waals surface area contributed by atoms with Crippen LogP contribution < -0.4 is 5.32 Å². The Morgan fingerprint density at radius 1 is 1.09 bits per heavy atom. The molecule has 0 spiro atoms. The van der Waals surface area contributed by atoms with Gasteiger partial charge in [0.25, 0.3) is 0 Å². The minimum absolute atomic E-state index is 0.164. The molecule has 0 saturated carbocycles. The number of rotatable bonds is 4. The smallest absolute Gasteiger partial charge is 0.129 e. The first-order valence-corrected chi connectivity index (χ1v) is 8.53. The van der Waals surface area contributed by atoms with Gasteiger partial charge in [-0.25, -0.2) is 4.68 Å². The molecule has 23 heavy (non-hydrogen) atoms. The molecule has 0 bridgehead atoms. The van der Waals surface area contributed by atoms with Gasteiger partial charge in [-0.15, -0.1) is 5.10 Å². The summed E-state index contributed by atoms with van der Waals surface area (Å²) in [6.07, 6.45) is 0. The fraction of sp³-hybridized carbons (Fsp3) is 0.333. The van der Waals surface area contributed by atoms with E-state index in [1.807, 2.05) is 22.9 Å². The van der Waals surface area contributed by atoms with Gasteiger partial charge < -0.3 is 5.32 Å². The number of nitrogens with one attached hydrogen (secondary N) is 1. The second-order valence-corrected chi connectivity index (χ2v) is 7.73. The third kappa shape index (κ3) is 3.72. The summed E-state index contributed by atoms with van der Waals surface area (Å²) in [6, 6.07) is 14.5. The van der Waals surface area contributed by atoms with Gasteiger partial charge in [-0.2, -0.15) is 0 Å². The number of hydrogen-bond donors (Lipinski definition) is 1. The van der Waals surface area contributed by atoms with E-state index in [0.717, 1.165) is 34.3 Å². The Balaban J connectivity index is 1.85. The molecule has 0 aliphatic heterocycles. The summed E-state index contributed by atoms with van der Waals surface area (Å²) in [5, 5.41) is 12.1. The Hall–Kier alpha value is -1.88. The molecule has 2 aromatic carbocycles. The quantitative estimate of drug-likeness (QED) is 0.711. The van der Waals surface area contributed by atoms with E-state index in [9.17, 15) is 0 Å². The highest BCUT2D eigenvalue weighted by atomic mass is 79.9. The SMILES string of the molecule is CC(C)(C)Cn1nnc2c(Br)c(NCc3ccccc3)ccc21. The van der Waals surface area contributed by atoms with Crippen molar-refractivity contribution in [3.05, 3.63) is 52.5 Å². The second-order valence-electron chi connectivity index (χ2n) is 6.94. The Morgan fingerprint density at radius 2 is 1.83 bits per heavy atom. The van der Waals surface area contributed by atoms with E-state index < -0.39 is 0 Å². The molecule has 1 aromatic heterocycles. The molecule has 0 unspecified atom stereocenters. The summed E-state index contributed by atoms with van der Waals surface area (Å²) in [6.45, 7) is 8.22. The van der Waals surface area contributed by atoms with Crippen molar-refractivity contribution < 1.29 is 0 Å². The predicted molar refractivity (Wildman–Crippen MR) is 98.5 cm³/mol. The van der Waals surface area contributed by atoms with E-state index in [-0.39, 0.29) is 5.41 Å². The van der Waals surface area contributed by atoms with Crippen molar-refractivity contribution in [3.8, 4) is 0 Å². The van der Waals surface area contributed by atoms with Crippen molar-refractivity contribution in [3.63, 3.8) is 0 Å². The van der Waals surface area contributed by atoms with Crippen molar-refractivity contribution in [2.24, 2.45) is 5.41 Å². The second kappa shape index (κ2) is 6.32. The van der Waals surface area contributed by atoms with Crippen LogP contribution in [0.2, 0.25) is 0 Å². The van der Waals surface area contributed by atoms with Gasteiger partial charge in [-0.05, 0) is 39.0 Å². The van der Waals surface area contributed by atoms with Crippen LogP contribution in [-0.4, -0.2) is 15.0 Å². The summed E-state index contributed by atoms with van der Waals surface area (Å²) in [7, 11) is 0. The molecule has 3 rings (SSSR count). The zero-order chi connectivity index (χ0) is 16.4.